The third-order valence-corrected chi connectivity index (χ3v) is 1.58. The molecule has 1 rings (SSSR count). The molecule has 0 atom stereocenters. The van der Waals surface area contributed by atoms with E-state index in [1.807, 2.05) is 26.0 Å². The summed E-state index contributed by atoms with van der Waals surface area (Å²) >= 11 is 0. The highest BCUT2D eigenvalue weighted by molar-refractivity contribution is 5.92. The predicted octanol–water partition coefficient (Wildman–Crippen LogP) is 2.17. The van der Waals surface area contributed by atoms with Crippen LogP contribution in [0.2, 0.25) is 0 Å². The summed E-state index contributed by atoms with van der Waals surface area (Å²) in [5.41, 5.74) is 0.768. The van der Waals surface area contributed by atoms with Crippen molar-refractivity contribution in [1.82, 2.24) is 0 Å². The molecule has 0 saturated heterocycles. The first-order chi connectivity index (χ1) is 5.27. The molecule has 0 saturated carbocycles. The van der Waals surface area contributed by atoms with E-state index < -0.39 is 0 Å². The fourth-order valence-electron chi connectivity index (χ4n) is 0.981. The number of rotatable bonds is 2. The van der Waals surface area contributed by atoms with Crippen LogP contribution in [0, 0.1) is 0 Å². The molecule has 1 aliphatic rings. The fourth-order valence-corrected chi connectivity index (χ4v) is 0.981. The standard InChI is InChI=1S/C9H12O2/c1-3-5-8-6-7(4-2)9(10)11-8/h5-6H,3-4H2,1-2H3/b8-5-. The minimum Gasteiger partial charge on any atom is -0.424 e. The second-order valence-corrected chi connectivity index (χ2v) is 2.43. The third-order valence-electron chi connectivity index (χ3n) is 1.58. The Morgan fingerprint density at radius 1 is 1.55 bits per heavy atom. The number of allylic oxidation sites excluding steroid dienone is 2. The van der Waals surface area contributed by atoms with E-state index in [9.17, 15) is 4.79 Å². The molecule has 1 aliphatic heterocycles. The lowest BCUT2D eigenvalue weighted by Gasteiger charge is -1.93. The van der Waals surface area contributed by atoms with Gasteiger partial charge in [-0.05, 0) is 25.0 Å². The van der Waals surface area contributed by atoms with Crippen molar-refractivity contribution in [2.75, 3.05) is 0 Å². The Bertz CT molecular complexity index is 224. The summed E-state index contributed by atoms with van der Waals surface area (Å²) in [7, 11) is 0. The van der Waals surface area contributed by atoms with Crippen LogP contribution in [-0.2, 0) is 9.53 Å². The van der Waals surface area contributed by atoms with Crippen LogP contribution in [0.15, 0.2) is 23.5 Å². The SMILES string of the molecule is CC/C=C1/C=C(CC)C(=O)O1. The van der Waals surface area contributed by atoms with Crippen molar-refractivity contribution in [1.29, 1.82) is 0 Å². The Hall–Kier alpha value is -1.05. The Labute approximate surface area is 66.5 Å². The fraction of sp³-hybridized carbons (Fsp3) is 0.444. The zero-order valence-corrected chi connectivity index (χ0v) is 6.89. The average Bonchev–Trinajstić information content (AvgIpc) is 2.32. The van der Waals surface area contributed by atoms with Crippen LogP contribution in [0.25, 0.3) is 0 Å². The van der Waals surface area contributed by atoms with Gasteiger partial charge in [0.25, 0.3) is 0 Å². The maximum absolute atomic E-state index is 11.0. The van der Waals surface area contributed by atoms with Gasteiger partial charge in [-0.25, -0.2) is 4.79 Å². The van der Waals surface area contributed by atoms with E-state index in [0.717, 1.165) is 18.4 Å². The second-order valence-electron chi connectivity index (χ2n) is 2.43. The zero-order chi connectivity index (χ0) is 8.27. The van der Waals surface area contributed by atoms with E-state index in [0.29, 0.717) is 5.76 Å². The van der Waals surface area contributed by atoms with E-state index in [-0.39, 0.29) is 5.97 Å². The molecule has 1 heterocycles. The van der Waals surface area contributed by atoms with Gasteiger partial charge >= 0.3 is 5.97 Å². The summed E-state index contributed by atoms with van der Waals surface area (Å²) in [6.45, 7) is 3.96. The first kappa shape index (κ1) is 8.05. The van der Waals surface area contributed by atoms with Crippen LogP contribution in [0.3, 0.4) is 0 Å². The molecule has 11 heavy (non-hydrogen) atoms. The third kappa shape index (κ3) is 1.70. The van der Waals surface area contributed by atoms with Gasteiger partial charge in [0.1, 0.15) is 5.76 Å². The minimum absolute atomic E-state index is 0.188. The van der Waals surface area contributed by atoms with Gasteiger partial charge in [0, 0.05) is 5.57 Å². The van der Waals surface area contributed by atoms with Crippen molar-refractivity contribution in [2.45, 2.75) is 26.7 Å². The van der Waals surface area contributed by atoms with Crippen LogP contribution in [0.4, 0.5) is 0 Å². The second kappa shape index (κ2) is 3.37. The minimum atomic E-state index is -0.188. The molecule has 0 aromatic heterocycles. The Kier molecular flexibility index (Phi) is 2.47. The molecule has 0 unspecified atom stereocenters. The molecule has 0 aliphatic carbocycles. The number of carbonyl (C=O) groups is 1. The molecule has 60 valence electrons. The van der Waals surface area contributed by atoms with Crippen molar-refractivity contribution in [2.24, 2.45) is 0 Å². The maximum atomic E-state index is 11.0. The van der Waals surface area contributed by atoms with Crippen molar-refractivity contribution < 1.29 is 9.53 Å². The molecule has 0 fully saturated rings. The van der Waals surface area contributed by atoms with Crippen molar-refractivity contribution in [3.63, 3.8) is 0 Å². The van der Waals surface area contributed by atoms with Gasteiger partial charge in [-0.2, -0.15) is 0 Å². The smallest absolute Gasteiger partial charge is 0.339 e. The van der Waals surface area contributed by atoms with Gasteiger partial charge in [-0.1, -0.05) is 13.8 Å². The van der Waals surface area contributed by atoms with E-state index in [2.05, 4.69) is 0 Å². The molecule has 0 aromatic rings. The largest absolute Gasteiger partial charge is 0.424 e. The van der Waals surface area contributed by atoms with E-state index >= 15 is 0 Å². The predicted molar refractivity (Wildman–Crippen MR) is 42.8 cm³/mol. The van der Waals surface area contributed by atoms with Crippen LogP contribution in [0.5, 0.6) is 0 Å². The van der Waals surface area contributed by atoms with E-state index in [1.165, 1.54) is 0 Å². The summed E-state index contributed by atoms with van der Waals surface area (Å²) in [5.74, 6) is 0.515. The Morgan fingerprint density at radius 3 is 2.73 bits per heavy atom. The Balaban J connectivity index is 2.74. The highest BCUT2D eigenvalue weighted by Gasteiger charge is 2.18. The van der Waals surface area contributed by atoms with Gasteiger partial charge in [0.15, 0.2) is 0 Å². The highest BCUT2D eigenvalue weighted by Crippen LogP contribution is 2.19. The van der Waals surface area contributed by atoms with Gasteiger partial charge in [-0.15, -0.1) is 0 Å². The summed E-state index contributed by atoms with van der Waals surface area (Å²) in [4.78, 5) is 11.0. The van der Waals surface area contributed by atoms with Gasteiger partial charge < -0.3 is 4.74 Å². The molecule has 0 radical (unpaired) electrons. The maximum Gasteiger partial charge on any atom is 0.339 e. The van der Waals surface area contributed by atoms with Gasteiger partial charge in [-0.3, -0.25) is 0 Å². The summed E-state index contributed by atoms with van der Waals surface area (Å²) in [6.07, 6.45) is 5.36. The van der Waals surface area contributed by atoms with Crippen molar-refractivity contribution in [3.05, 3.63) is 23.5 Å². The first-order valence-electron chi connectivity index (χ1n) is 3.90. The molecular formula is C9H12O2. The van der Waals surface area contributed by atoms with Gasteiger partial charge in [0.05, 0.1) is 0 Å². The lowest BCUT2D eigenvalue weighted by molar-refractivity contribution is -0.133. The number of hydrogen-bond donors (Lipinski definition) is 0. The quantitative estimate of drug-likeness (QED) is 0.567. The molecule has 2 heteroatoms. The number of cyclic esters (lactones) is 1. The molecular weight excluding hydrogens is 140 g/mol. The van der Waals surface area contributed by atoms with Crippen LogP contribution in [-0.4, -0.2) is 5.97 Å². The highest BCUT2D eigenvalue weighted by atomic mass is 16.5. The Morgan fingerprint density at radius 2 is 2.27 bits per heavy atom. The number of hydrogen-bond acceptors (Lipinski definition) is 2. The summed E-state index contributed by atoms with van der Waals surface area (Å²) in [5, 5.41) is 0. The molecule has 0 bridgehead atoms. The molecule has 0 spiro atoms. The van der Waals surface area contributed by atoms with Crippen molar-refractivity contribution in [3.8, 4) is 0 Å². The number of ether oxygens (including phenoxy) is 1. The molecule has 0 N–H and O–H groups in total. The van der Waals surface area contributed by atoms with E-state index in [1.54, 1.807) is 0 Å². The average molecular weight is 152 g/mol. The topological polar surface area (TPSA) is 26.3 Å². The van der Waals surface area contributed by atoms with Crippen LogP contribution < -0.4 is 0 Å². The molecule has 0 amide bonds. The van der Waals surface area contributed by atoms with Crippen LogP contribution in [0.1, 0.15) is 26.7 Å². The number of esters is 1. The summed E-state index contributed by atoms with van der Waals surface area (Å²) in [6, 6.07) is 0. The van der Waals surface area contributed by atoms with Crippen molar-refractivity contribution >= 4 is 5.97 Å². The first-order valence-corrected chi connectivity index (χ1v) is 3.90. The molecule has 2 nitrogen and oxygen atoms in total. The lowest BCUT2D eigenvalue weighted by Crippen LogP contribution is -1.96. The lowest BCUT2D eigenvalue weighted by atomic mass is 10.2. The van der Waals surface area contributed by atoms with E-state index in [4.69, 9.17) is 4.74 Å². The normalized spacial score (nSPS) is 20.4. The number of carbonyl (C=O) groups excluding carboxylic acids is 1. The summed E-state index contributed by atoms with van der Waals surface area (Å²) < 4.78 is 4.93. The van der Waals surface area contributed by atoms with Gasteiger partial charge in [0.2, 0.25) is 0 Å². The zero-order valence-electron chi connectivity index (χ0n) is 6.89. The monoisotopic (exact) mass is 152 g/mol. The molecule has 0 aromatic carbocycles. The van der Waals surface area contributed by atoms with Crippen LogP contribution >= 0.6 is 0 Å².